The van der Waals surface area contributed by atoms with Crippen molar-refractivity contribution in [1.82, 2.24) is 0 Å². The van der Waals surface area contributed by atoms with Crippen LogP contribution >= 0.6 is 0 Å². The van der Waals surface area contributed by atoms with Gasteiger partial charge in [0.25, 0.3) is 0 Å². The molecule has 11 nitrogen and oxygen atoms in total. The molecule has 6 saturated carbocycles. The molecule has 8 rings (SSSR count). The minimum Gasteiger partial charge on any atom is -0.460 e. The molecule has 6 fully saturated rings. The molecule has 0 heterocycles. The van der Waals surface area contributed by atoms with Gasteiger partial charge in [-0.1, -0.05) is 129 Å². The van der Waals surface area contributed by atoms with E-state index in [0.29, 0.717) is 44.7 Å². The van der Waals surface area contributed by atoms with Gasteiger partial charge in [-0.05, 0) is 109 Å². The number of carbonyl (C=O) groups excluding carboxylic acids is 4. The third-order valence-corrected chi connectivity index (χ3v) is 19.5. The van der Waals surface area contributed by atoms with Gasteiger partial charge in [-0.2, -0.15) is 0 Å². The second-order valence-corrected chi connectivity index (χ2v) is 23.1. The molecule has 2 aromatic carbocycles. The van der Waals surface area contributed by atoms with Crippen LogP contribution in [-0.4, -0.2) is 78.1 Å². The molecular weight excluding hydrogens is 861 g/mol. The predicted octanol–water partition coefficient (Wildman–Crippen LogP) is 10.1. The fourth-order valence-corrected chi connectivity index (χ4v) is 15.4. The Morgan fingerprint density at radius 3 is 1.60 bits per heavy atom. The van der Waals surface area contributed by atoms with Crippen LogP contribution in [-0.2, 0) is 56.1 Å². The molecule has 0 spiro atoms. The van der Waals surface area contributed by atoms with Gasteiger partial charge in [0.15, 0.2) is 0 Å². The zero-order valence-electron chi connectivity index (χ0n) is 42.4. The van der Waals surface area contributed by atoms with E-state index < -0.39 is 41.7 Å². The first-order valence-electron chi connectivity index (χ1n) is 25.9. The summed E-state index contributed by atoms with van der Waals surface area (Å²) in [6.45, 7) is 17.6. The number of aliphatic hydroxyl groups excluding tert-OH is 2. The summed E-state index contributed by atoms with van der Waals surface area (Å²) in [5.74, 6) is -0.529. The molecule has 14 atom stereocenters. The molecule has 0 saturated heterocycles. The number of ketones is 2. The third kappa shape index (κ3) is 9.78. The van der Waals surface area contributed by atoms with Crippen molar-refractivity contribution in [2.45, 2.75) is 183 Å². The fourth-order valence-electron chi connectivity index (χ4n) is 15.4. The van der Waals surface area contributed by atoms with Crippen molar-refractivity contribution in [2.24, 2.45) is 56.2 Å². The third-order valence-electron chi connectivity index (χ3n) is 19.5. The average molecular weight is 943 g/mol. The Hall–Kier alpha value is -3.48. The molecule has 6 aliphatic carbocycles. The Kier molecular flexibility index (Phi) is 16.2. The van der Waals surface area contributed by atoms with E-state index in [2.05, 4.69) is 55.4 Å². The van der Waals surface area contributed by atoms with Crippen molar-refractivity contribution >= 4 is 23.5 Å². The van der Waals surface area contributed by atoms with Crippen molar-refractivity contribution in [3.8, 4) is 0 Å². The van der Waals surface area contributed by atoms with Gasteiger partial charge in [-0.15, -0.1) is 0 Å². The Labute approximate surface area is 406 Å². The molecule has 68 heavy (non-hydrogen) atoms. The SMILES string of the molecule is CC[C@]1(C)C[C@@H](OC(=O)CO)[C@]2(C)CCC[C@]3(CCC(=O)C32)[C@@H](C)[C@@H]1O.CC[C@]1(C)C[C@@H](OC(=O)COCc2ccccc2)[C@]2(C)CCC[C@]3(CCC(=O)C32)[C@@H](C)[C@@H]1OCOCc1ccccc1. The van der Waals surface area contributed by atoms with Crippen LogP contribution in [0.3, 0.4) is 0 Å². The van der Waals surface area contributed by atoms with Crippen molar-refractivity contribution in [3.63, 3.8) is 0 Å². The summed E-state index contributed by atoms with van der Waals surface area (Å²) in [6, 6.07) is 19.9. The number of hydrogen-bond donors (Lipinski definition) is 2. The zero-order valence-corrected chi connectivity index (χ0v) is 42.4. The van der Waals surface area contributed by atoms with Gasteiger partial charge >= 0.3 is 11.9 Å². The highest BCUT2D eigenvalue weighted by atomic mass is 16.7. The number of hydrogen-bond acceptors (Lipinski definition) is 11. The fraction of sp³-hybridized carbons (Fsp3) is 0.719. The highest BCUT2D eigenvalue weighted by Crippen LogP contribution is 2.68. The average Bonchev–Trinajstić information content (AvgIpc) is 3.89. The van der Waals surface area contributed by atoms with E-state index in [0.717, 1.165) is 75.3 Å². The largest absolute Gasteiger partial charge is 0.460 e. The molecule has 2 N–H and O–H groups in total. The van der Waals surface area contributed by atoms with Gasteiger partial charge in [0.05, 0.1) is 25.4 Å². The van der Waals surface area contributed by atoms with Crippen LogP contribution in [0, 0.1) is 56.2 Å². The summed E-state index contributed by atoms with van der Waals surface area (Å²) < 4.78 is 30.6. The first kappa shape index (κ1) is 52.3. The second-order valence-electron chi connectivity index (χ2n) is 23.1. The molecule has 11 heteroatoms. The number of benzene rings is 2. The van der Waals surface area contributed by atoms with Gasteiger partial charge < -0.3 is 33.9 Å². The van der Waals surface area contributed by atoms with Crippen molar-refractivity contribution in [1.29, 1.82) is 0 Å². The summed E-state index contributed by atoms with van der Waals surface area (Å²) in [6.07, 6.45) is 9.80. The van der Waals surface area contributed by atoms with E-state index in [1.54, 1.807) is 0 Å². The molecule has 6 aliphatic rings. The van der Waals surface area contributed by atoms with Crippen LogP contribution in [0.4, 0.5) is 0 Å². The normalized spacial score (nSPS) is 39.7. The van der Waals surface area contributed by atoms with Crippen molar-refractivity contribution in [2.75, 3.05) is 20.0 Å². The molecule has 376 valence electrons. The van der Waals surface area contributed by atoms with E-state index in [1.165, 1.54) is 0 Å². The molecule has 0 radical (unpaired) electrons. The number of aliphatic hydroxyl groups is 2. The standard InChI is InChI=1S/C36H48O6.C21H34O5/c1-5-34(3)21-30(42-31(38)24-39-22-27-13-8-6-9-14-27)35(4)18-12-19-36(20-17-29(37)32(35)36)26(2)33(34)41-25-40-23-28-15-10-7-11-16-28;1-5-19(3)11-15(26-16(24)12-22)20(4)8-6-9-21(13(2)18(19)25)10-7-14(23)17(20)21/h6-11,13-16,26,30,32-33H,5,12,17-25H2,1-4H3;13,15,17-18,22,25H,5-12H2,1-4H3/t26-,30+,32?,33-,34+,35-,36-;13-,15+,17?,18-,19+,20-,21-/m00/s1. The zero-order chi connectivity index (χ0) is 49.1. The van der Waals surface area contributed by atoms with Gasteiger partial charge in [0.1, 0.15) is 43.8 Å². The van der Waals surface area contributed by atoms with Crippen LogP contribution in [0.1, 0.15) is 156 Å². The molecule has 2 unspecified atom stereocenters. The lowest BCUT2D eigenvalue weighted by Gasteiger charge is -2.60. The van der Waals surface area contributed by atoms with Crippen LogP contribution in [0.2, 0.25) is 0 Å². The van der Waals surface area contributed by atoms with E-state index in [1.807, 2.05) is 60.7 Å². The van der Waals surface area contributed by atoms with E-state index in [-0.39, 0.29) is 76.6 Å². The summed E-state index contributed by atoms with van der Waals surface area (Å²) >= 11 is 0. The molecule has 2 aromatic rings. The maximum absolute atomic E-state index is 13.7. The number of Topliss-reactive ketones (excluding diaryl/α,β-unsaturated/α-hetero) is 2. The summed E-state index contributed by atoms with van der Waals surface area (Å²) in [5, 5.41) is 20.6. The predicted molar refractivity (Wildman–Crippen MR) is 259 cm³/mol. The Morgan fingerprint density at radius 2 is 1.10 bits per heavy atom. The van der Waals surface area contributed by atoms with Gasteiger partial charge in [-0.3, -0.25) is 9.59 Å². The number of carbonyl (C=O) groups is 4. The lowest BCUT2D eigenvalue weighted by atomic mass is 9.46. The van der Waals surface area contributed by atoms with E-state index >= 15 is 0 Å². The lowest BCUT2D eigenvalue weighted by molar-refractivity contribution is -0.225. The van der Waals surface area contributed by atoms with Crippen LogP contribution < -0.4 is 0 Å². The molecule has 4 bridgehead atoms. The topological polar surface area (TPSA) is 155 Å². The summed E-state index contributed by atoms with van der Waals surface area (Å²) in [7, 11) is 0. The molecule has 0 amide bonds. The first-order chi connectivity index (χ1) is 32.4. The molecule has 0 aliphatic heterocycles. The highest BCUT2D eigenvalue weighted by molar-refractivity contribution is 5.86. The lowest BCUT2D eigenvalue weighted by Crippen LogP contribution is -2.61. The molecular formula is C57H82O11. The highest BCUT2D eigenvalue weighted by Gasteiger charge is 2.68. The number of ether oxygens (including phenoxy) is 5. The Balaban J connectivity index is 0.000000225. The van der Waals surface area contributed by atoms with Crippen LogP contribution in [0.5, 0.6) is 0 Å². The smallest absolute Gasteiger partial charge is 0.332 e. The quantitative estimate of drug-likeness (QED) is 0.106. The van der Waals surface area contributed by atoms with Gasteiger partial charge in [0, 0.05) is 35.5 Å². The van der Waals surface area contributed by atoms with Crippen LogP contribution in [0.25, 0.3) is 0 Å². The second kappa shape index (κ2) is 21.1. The van der Waals surface area contributed by atoms with Crippen molar-refractivity contribution < 1.29 is 53.1 Å². The molecule has 0 aromatic heterocycles. The van der Waals surface area contributed by atoms with Crippen molar-refractivity contribution in [3.05, 3.63) is 71.8 Å². The number of esters is 2. The summed E-state index contributed by atoms with van der Waals surface area (Å²) in [5.41, 5.74) is 0.245. The monoisotopic (exact) mass is 943 g/mol. The van der Waals surface area contributed by atoms with Gasteiger partial charge in [-0.25, -0.2) is 9.59 Å². The van der Waals surface area contributed by atoms with Crippen LogP contribution in [0.15, 0.2) is 60.7 Å². The minimum atomic E-state index is -0.655. The minimum absolute atomic E-state index is 0.0398. The number of rotatable bonds is 14. The first-order valence-corrected chi connectivity index (χ1v) is 25.9. The Morgan fingerprint density at radius 1 is 0.632 bits per heavy atom. The Bertz CT molecular complexity index is 2060. The van der Waals surface area contributed by atoms with Gasteiger partial charge in [0.2, 0.25) is 0 Å². The summed E-state index contributed by atoms with van der Waals surface area (Å²) in [4.78, 5) is 52.0. The maximum atomic E-state index is 13.7. The maximum Gasteiger partial charge on any atom is 0.332 e. The van der Waals surface area contributed by atoms with E-state index in [9.17, 15) is 29.4 Å². The van der Waals surface area contributed by atoms with E-state index in [4.69, 9.17) is 23.7 Å².